The average molecular weight is 334 g/mol. The number of halogens is 1. The van der Waals surface area contributed by atoms with Crippen molar-refractivity contribution in [2.75, 3.05) is 11.9 Å². The third-order valence-electron chi connectivity index (χ3n) is 3.56. The molecule has 0 saturated carbocycles. The van der Waals surface area contributed by atoms with E-state index in [1.165, 1.54) is 0 Å². The summed E-state index contributed by atoms with van der Waals surface area (Å²) in [6, 6.07) is 7.72. The number of aromatic nitrogens is 1. The molecule has 2 aromatic rings. The van der Waals surface area contributed by atoms with E-state index in [1.807, 2.05) is 24.3 Å². The number of hydrogen-bond donors (Lipinski definition) is 2. The van der Waals surface area contributed by atoms with E-state index in [0.717, 1.165) is 46.9 Å². The summed E-state index contributed by atoms with van der Waals surface area (Å²) >= 11 is 3.41. The summed E-state index contributed by atoms with van der Waals surface area (Å²) in [5.74, 6) is 0.0296. The van der Waals surface area contributed by atoms with Crippen LogP contribution in [-0.4, -0.2) is 23.5 Å². The van der Waals surface area contributed by atoms with Crippen LogP contribution in [0.1, 0.15) is 19.3 Å². The highest BCUT2D eigenvalue weighted by Gasteiger charge is 2.21. The quantitative estimate of drug-likeness (QED) is 0.887. The summed E-state index contributed by atoms with van der Waals surface area (Å²) in [5.41, 5.74) is 1.59. The van der Waals surface area contributed by atoms with Gasteiger partial charge in [0.2, 0.25) is 5.91 Å². The van der Waals surface area contributed by atoms with Crippen LogP contribution >= 0.6 is 15.9 Å². The number of para-hydroxylation sites is 1. The SMILES string of the molecule is O=C(Nc1cccc2cc(Br)cnc12)[C@@H]1CCCCN1. The Labute approximate surface area is 126 Å². The number of amides is 1. The molecule has 20 heavy (non-hydrogen) atoms. The van der Waals surface area contributed by atoms with Crippen molar-refractivity contribution in [3.8, 4) is 0 Å². The van der Waals surface area contributed by atoms with Gasteiger partial charge in [0.25, 0.3) is 0 Å². The Kier molecular flexibility index (Phi) is 3.98. The monoisotopic (exact) mass is 333 g/mol. The molecular weight excluding hydrogens is 318 g/mol. The van der Waals surface area contributed by atoms with Crippen LogP contribution in [-0.2, 0) is 4.79 Å². The van der Waals surface area contributed by atoms with E-state index in [4.69, 9.17) is 0 Å². The molecule has 1 aromatic heterocycles. The predicted molar refractivity (Wildman–Crippen MR) is 83.7 cm³/mol. The molecule has 1 atom stereocenters. The van der Waals surface area contributed by atoms with Gasteiger partial charge in [-0.15, -0.1) is 0 Å². The number of nitrogens with one attached hydrogen (secondary N) is 2. The fourth-order valence-corrected chi connectivity index (χ4v) is 2.88. The van der Waals surface area contributed by atoms with Gasteiger partial charge in [-0.3, -0.25) is 9.78 Å². The van der Waals surface area contributed by atoms with Gasteiger partial charge >= 0.3 is 0 Å². The molecule has 0 bridgehead atoms. The minimum absolute atomic E-state index is 0.0296. The second-order valence-electron chi connectivity index (χ2n) is 5.02. The lowest BCUT2D eigenvalue weighted by atomic mass is 10.0. The van der Waals surface area contributed by atoms with Crippen LogP contribution in [0.4, 0.5) is 5.69 Å². The lowest BCUT2D eigenvalue weighted by Crippen LogP contribution is -2.43. The predicted octanol–water partition coefficient (Wildman–Crippen LogP) is 3.08. The number of rotatable bonds is 2. The number of carbonyl (C=O) groups excluding carboxylic acids is 1. The number of pyridine rings is 1. The third-order valence-corrected chi connectivity index (χ3v) is 4.00. The van der Waals surface area contributed by atoms with Crippen LogP contribution in [0.5, 0.6) is 0 Å². The van der Waals surface area contributed by atoms with E-state index in [0.29, 0.717) is 0 Å². The molecular formula is C15H16BrN3O. The van der Waals surface area contributed by atoms with Crippen LogP contribution in [0.15, 0.2) is 34.9 Å². The molecule has 4 nitrogen and oxygen atoms in total. The molecule has 2 N–H and O–H groups in total. The van der Waals surface area contributed by atoms with E-state index in [1.54, 1.807) is 6.20 Å². The van der Waals surface area contributed by atoms with Crippen molar-refractivity contribution in [1.29, 1.82) is 0 Å². The second-order valence-corrected chi connectivity index (χ2v) is 5.94. The third kappa shape index (κ3) is 2.83. The molecule has 0 unspecified atom stereocenters. The van der Waals surface area contributed by atoms with Gasteiger partial charge in [-0.2, -0.15) is 0 Å². The molecule has 0 aliphatic carbocycles. The lowest BCUT2D eigenvalue weighted by Gasteiger charge is -2.22. The van der Waals surface area contributed by atoms with Crippen molar-refractivity contribution < 1.29 is 4.79 Å². The Morgan fingerprint density at radius 2 is 2.30 bits per heavy atom. The normalized spacial score (nSPS) is 18.9. The topological polar surface area (TPSA) is 54.0 Å². The second kappa shape index (κ2) is 5.89. The Balaban J connectivity index is 1.85. The van der Waals surface area contributed by atoms with Crippen LogP contribution in [0, 0.1) is 0 Å². The van der Waals surface area contributed by atoms with Gasteiger partial charge in [0.05, 0.1) is 17.2 Å². The van der Waals surface area contributed by atoms with Gasteiger partial charge < -0.3 is 10.6 Å². The number of fused-ring (bicyclic) bond motifs is 1. The molecule has 1 aliphatic heterocycles. The van der Waals surface area contributed by atoms with Gasteiger partial charge in [-0.05, 0) is 47.4 Å². The van der Waals surface area contributed by atoms with Crippen molar-refractivity contribution in [1.82, 2.24) is 10.3 Å². The van der Waals surface area contributed by atoms with E-state index in [9.17, 15) is 4.79 Å². The van der Waals surface area contributed by atoms with Gasteiger partial charge in [0, 0.05) is 16.1 Å². The largest absolute Gasteiger partial charge is 0.323 e. The van der Waals surface area contributed by atoms with E-state index in [-0.39, 0.29) is 11.9 Å². The average Bonchev–Trinajstić information content (AvgIpc) is 2.48. The van der Waals surface area contributed by atoms with Gasteiger partial charge in [-0.25, -0.2) is 0 Å². The molecule has 5 heteroatoms. The summed E-state index contributed by atoms with van der Waals surface area (Å²) in [7, 11) is 0. The van der Waals surface area contributed by atoms with Crippen LogP contribution in [0.2, 0.25) is 0 Å². The number of nitrogens with zero attached hydrogens (tertiary/aromatic N) is 1. The van der Waals surface area contributed by atoms with Crippen molar-refractivity contribution >= 4 is 38.4 Å². The molecule has 1 fully saturated rings. The molecule has 0 radical (unpaired) electrons. The maximum Gasteiger partial charge on any atom is 0.241 e. The van der Waals surface area contributed by atoms with E-state index >= 15 is 0 Å². The van der Waals surface area contributed by atoms with Gasteiger partial charge in [0.1, 0.15) is 0 Å². The fraction of sp³-hybridized carbons (Fsp3) is 0.333. The first kappa shape index (κ1) is 13.5. The fourth-order valence-electron chi connectivity index (χ4n) is 2.53. The molecule has 2 heterocycles. The highest BCUT2D eigenvalue weighted by molar-refractivity contribution is 9.10. The zero-order chi connectivity index (χ0) is 13.9. The highest BCUT2D eigenvalue weighted by Crippen LogP contribution is 2.24. The Morgan fingerprint density at radius 1 is 1.40 bits per heavy atom. The van der Waals surface area contributed by atoms with E-state index in [2.05, 4.69) is 31.5 Å². The number of anilines is 1. The van der Waals surface area contributed by atoms with Gasteiger partial charge in [0.15, 0.2) is 0 Å². The zero-order valence-electron chi connectivity index (χ0n) is 11.0. The lowest BCUT2D eigenvalue weighted by molar-refractivity contribution is -0.118. The van der Waals surface area contributed by atoms with Crippen molar-refractivity contribution in [2.24, 2.45) is 0 Å². The molecule has 1 saturated heterocycles. The first-order chi connectivity index (χ1) is 9.74. The first-order valence-corrected chi connectivity index (χ1v) is 7.62. The summed E-state index contributed by atoms with van der Waals surface area (Å²) in [6.07, 6.45) is 4.89. The standard InChI is InChI=1S/C15H16BrN3O/c16-11-8-10-4-3-6-12(14(10)18-9-11)19-15(20)13-5-1-2-7-17-13/h3-4,6,8-9,13,17H,1-2,5,7H2,(H,19,20)/t13-/m0/s1. The highest BCUT2D eigenvalue weighted by atomic mass is 79.9. The first-order valence-electron chi connectivity index (χ1n) is 6.82. The smallest absolute Gasteiger partial charge is 0.241 e. The van der Waals surface area contributed by atoms with Crippen LogP contribution in [0.3, 0.4) is 0 Å². The molecule has 1 amide bonds. The maximum absolute atomic E-state index is 12.3. The summed E-state index contributed by atoms with van der Waals surface area (Å²) < 4.78 is 0.933. The number of carbonyl (C=O) groups is 1. The Hall–Kier alpha value is -1.46. The van der Waals surface area contributed by atoms with Crippen molar-refractivity contribution in [3.05, 3.63) is 34.9 Å². The minimum atomic E-state index is -0.0885. The Morgan fingerprint density at radius 3 is 3.10 bits per heavy atom. The summed E-state index contributed by atoms with van der Waals surface area (Å²) in [6.45, 7) is 0.915. The summed E-state index contributed by atoms with van der Waals surface area (Å²) in [4.78, 5) is 16.7. The molecule has 1 aliphatic rings. The van der Waals surface area contributed by atoms with Crippen molar-refractivity contribution in [3.63, 3.8) is 0 Å². The number of hydrogen-bond acceptors (Lipinski definition) is 3. The molecule has 104 valence electrons. The zero-order valence-corrected chi connectivity index (χ0v) is 12.6. The number of piperidine rings is 1. The summed E-state index contributed by atoms with van der Waals surface area (Å²) in [5, 5.41) is 7.26. The van der Waals surface area contributed by atoms with E-state index < -0.39 is 0 Å². The maximum atomic E-state index is 12.3. The van der Waals surface area contributed by atoms with Crippen LogP contribution < -0.4 is 10.6 Å². The van der Waals surface area contributed by atoms with Crippen molar-refractivity contribution in [2.45, 2.75) is 25.3 Å². The molecule has 3 rings (SSSR count). The minimum Gasteiger partial charge on any atom is -0.323 e. The Bertz CT molecular complexity index is 638. The molecule has 1 aromatic carbocycles. The van der Waals surface area contributed by atoms with Gasteiger partial charge in [-0.1, -0.05) is 18.6 Å². The van der Waals surface area contributed by atoms with Crippen LogP contribution in [0.25, 0.3) is 10.9 Å². The number of benzene rings is 1. The molecule has 0 spiro atoms.